The highest BCUT2D eigenvalue weighted by Crippen LogP contribution is 2.15. The summed E-state index contributed by atoms with van der Waals surface area (Å²) in [6, 6.07) is 6.11. The van der Waals surface area contributed by atoms with Gasteiger partial charge in [0.1, 0.15) is 5.82 Å². The van der Waals surface area contributed by atoms with E-state index in [0.29, 0.717) is 18.1 Å². The quantitative estimate of drug-likeness (QED) is 0.718. The van der Waals surface area contributed by atoms with Crippen LogP contribution in [0, 0.1) is 12.7 Å². The average molecular weight is 260 g/mol. The van der Waals surface area contributed by atoms with Gasteiger partial charge in [-0.15, -0.1) is 0 Å². The van der Waals surface area contributed by atoms with E-state index in [1.807, 2.05) is 0 Å². The average Bonchev–Trinajstić information content (AvgIpc) is 3.01. The molecule has 1 aromatic carbocycles. The highest BCUT2D eigenvalue weighted by Gasteiger charge is 2.15. The predicted molar refractivity (Wildman–Crippen MR) is 61.5 cm³/mol. The van der Waals surface area contributed by atoms with Crippen LogP contribution in [0.2, 0.25) is 0 Å². The molecule has 0 atom stereocenters. The first-order valence-corrected chi connectivity index (χ1v) is 5.58. The van der Waals surface area contributed by atoms with E-state index in [-0.39, 0.29) is 17.6 Å². The lowest BCUT2D eigenvalue weighted by atomic mass is 10.1. The molecule has 0 saturated carbocycles. The van der Waals surface area contributed by atoms with Crippen molar-refractivity contribution in [3.63, 3.8) is 0 Å². The lowest BCUT2D eigenvalue weighted by Crippen LogP contribution is -1.91. The first-order chi connectivity index (χ1) is 9.20. The summed E-state index contributed by atoms with van der Waals surface area (Å²) < 4.78 is 22.7. The van der Waals surface area contributed by atoms with Crippen LogP contribution in [-0.2, 0) is 6.42 Å². The van der Waals surface area contributed by atoms with Crippen molar-refractivity contribution in [2.24, 2.45) is 0 Å². The molecule has 7 heteroatoms. The molecule has 0 radical (unpaired) electrons. The fourth-order valence-electron chi connectivity index (χ4n) is 1.58. The second-order valence-electron chi connectivity index (χ2n) is 3.97. The maximum absolute atomic E-state index is 12.8. The molecule has 0 aliphatic carbocycles. The smallest absolute Gasteiger partial charge is 0.316 e. The Balaban J connectivity index is 1.80. The Morgan fingerprint density at radius 1 is 1.00 bits per heavy atom. The maximum Gasteiger partial charge on any atom is 0.316 e. The van der Waals surface area contributed by atoms with Crippen LogP contribution in [0.1, 0.15) is 17.2 Å². The summed E-state index contributed by atoms with van der Waals surface area (Å²) in [4.78, 5) is 8.13. The number of rotatable bonds is 3. The Bertz CT molecular complexity index is 690. The van der Waals surface area contributed by atoms with Crippen molar-refractivity contribution in [3.05, 3.63) is 47.3 Å². The third-order valence-corrected chi connectivity index (χ3v) is 2.45. The molecule has 6 nitrogen and oxygen atoms in total. The second kappa shape index (κ2) is 4.60. The molecule has 3 rings (SSSR count). The lowest BCUT2D eigenvalue weighted by molar-refractivity contribution is 0.378. The molecule has 0 aliphatic heterocycles. The van der Waals surface area contributed by atoms with Gasteiger partial charge in [-0.1, -0.05) is 22.4 Å². The fraction of sp³-hybridized carbons (Fsp3) is 0.167. The van der Waals surface area contributed by atoms with Crippen LogP contribution in [0.15, 0.2) is 33.3 Å². The molecule has 3 aromatic rings. The van der Waals surface area contributed by atoms with E-state index in [9.17, 15) is 4.39 Å². The van der Waals surface area contributed by atoms with Gasteiger partial charge in [-0.25, -0.2) is 4.39 Å². The molecule has 2 heterocycles. The molecule has 0 bridgehead atoms. The summed E-state index contributed by atoms with van der Waals surface area (Å²) in [5.74, 6) is 1.05. The summed E-state index contributed by atoms with van der Waals surface area (Å²) >= 11 is 0. The Morgan fingerprint density at radius 3 is 2.37 bits per heavy atom. The summed E-state index contributed by atoms with van der Waals surface area (Å²) in [5.41, 5.74) is 0.885. The van der Waals surface area contributed by atoms with E-state index in [1.165, 1.54) is 12.1 Å². The van der Waals surface area contributed by atoms with Crippen molar-refractivity contribution in [2.75, 3.05) is 0 Å². The minimum atomic E-state index is -0.279. The van der Waals surface area contributed by atoms with Crippen molar-refractivity contribution in [1.82, 2.24) is 20.3 Å². The van der Waals surface area contributed by atoms with Crippen LogP contribution in [0.5, 0.6) is 0 Å². The van der Waals surface area contributed by atoms with Gasteiger partial charge in [0.15, 0.2) is 11.6 Å². The number of nitrogens with zero attached hydrogens (tertiary/aromatic N) is 4. The van der Waals surface area contributed by atoms with E-state index in [1.54, 1.807) is 19.1 Å². The topological polar surface area (TPSA) is 77.8 Å². The second-order valence-corrected chi connectivity index (χ2v) is 3.97. The van der Waals surface area contributed by atoms with Gasteiger partial charge in [0.05, 0.1) is 0 Å². The van der Waals surface area contributed by atoms with Crippen molar-refractivity contribution in [3.8, 4) is 11.8 Å². The minimum Gasteiger partial charge on any atom is -0.329 e. The van der Waals surface area contributed by atoms with Gasteiger partial charge in [-0.2, -0.15) is 9.97 Å². The van der Waals surface area contributed by atoms with Crippen molar-refractivity contribution >= 4 is 0 Å². The van der Waals surface area contributed by atoms with E-state index >= 15 is 0 Å². The molecular formula is C12H9FN4O2. The molecule has 2 aromatic heterocycles. The van der Waals surface area contributed by atoms with Crippen molar-refractivity contribution in [2.45, 2.75) is 13.3 Å². The van der Waals surface area contributed by atoms with Gasteiger partial charge in [-0.3, -0.25) is 0 Å². The van der Waals surface area contributed by atoms with Crippen LogP contribution in [0.3, 0.4) is 0 Å². The van der Waals surface area contributed by atoms with E-state index in [2.05, 4.69) is 20.3 Å². The Hall–Kier alpha value is -2.57. The highest BCUT2D eigenvalue weighted by molar-refractivity contribution is 5.35. The van der Waals surface area contributed by atoms with Crippen molar-refractivity contribution < 1.29 is 13.4 Å². The standard InChI is InChI=1S/C12H9FN4O2/c1-7-14-11(18-16-7)12-15-10(17-19-12)6-8-2-4-9(13)5-3-8/h2-5H,6H2,1H3. The van der Waals surface area contributed by atoms with Gasteiger partial charge in [-0.05, 0) is 24.6 Å². The highest BCUT2D eigenvalue weighted by atomic mass is 19.1. The molecule has 0 unspecified atom stereocenters. The van der Waals surface area contributed by atoms with Crippen LogP contribution in [0.4, 0.5) is 4.39 Å². The third-order valence-electron chi connectivity index (χ3n) is 2.45. The Morgan fingerprint density at radius 2 is 1.68 bits per heavy atom. The van der Waals surface area contributed by atoms with Gasteiger partial charge in [0, 0.05) is 6.42 Å². The molecule has 0 spiro atoms. The molecular weight excluding hydrogens is 251 g/mol. The Kier molecular flexibility index (Phi) is 2.79. The zero-order valence-electron chi connectivity index (χ0n) is 10.00. The van der Waals surface area contributed by atoms with E-state index < -0.39 is 0 Å². The summed E-state index contributed by atoms with van der Waals surface area (Å²) in [6.07, 6.45) is 0.441. The number of benzene rings is 1. The molecule has 0 N–H and O–H groups in total. The minimum absolute atomic E-state index is 0.178. The summed E-state index contributed by atoms with van der Waals surface area (Å²) in [7, 11) is 0. The number of hydrogen-bond donors (Lipinski definition) is 0. The first-order valence-electron chi connectivity index (χ1n) is 5.58. The number of hydrogen-bond acceptors (Lipinski definition) is 6. The maximum atomic E-state index is 12.8. The molecule has 19 heavy (non-hydrogen) atoms. The number of halogens is 1. The largest absolute Gasteiger partial charge is 0.329 e. The van der Waals surface area contributed by atoms with Gasteiger partial charge in [0.2, 0.25) is 0 Å². The zero-order chi connectivity index (χ0) is 13.2. The van der Waals surface area contributed by atoms with Gasteiger partial charge in [0.25, 0.3) is 0 Å². The SMILES string of the molecule is Cc1noc(-c2nc(Cc3ccc(F)cc3)no2)n1. The van der Waals surface area contributed by atoms with Gasteiger partial charge >= 0.3 is 11.8 Å². The molecule has 0 saturated heterocycles. The summed E-state index contributed by atoms with van der Waals surface area (Å²) in [5, 5.41) is 7.45. The van der Waals surface area contributed by atoms with Crippen LogP contribution < -0.4 is 0 Å². The normalized spacial score (nSPS) is 10.8. The molecule has 0 amide bonds. The lowest BCUT2D eigenvalue weighted by Gasteiger charge is -1.95. The zero-order valence-corrected chi connectivity index (χ0v) is 10.00. The van der Waals surface area contributed by atoms with E-state index in [4.69, 9.17) is 9.05 Å². The number of aryl methyl sites for hydroxylation is 1. The van der Waals surface area contributed by atoms with Crippen molar-refractivity contribution in [1.29, 1.82) is 0 Å². The predicted octanol–water partition coefficient (Wildman–Crippen LogP) is 2.16. The monoisotopic (exact) mass is 260 g/mol. The van der Waals surface area contributed by atoms with Crippen LogP contribution in [-0.4, -0.2) is 20.3 Å². The Labute approximate surface area is 107 Å². The summed E-state index contributed by atoms with van der Waals surface area (Å²) in [6.45, 7) is 1.70. The molecule has 96 valence electrons. The van der Waals surface area contributed by atoms with Gasteiger partial charge < -0.3 is 9.05 Å². The number of aromatic nitrogens is 4. The molecule has 0 fully saturated rings. The van der Waals surface area contributed by atoms with Crippen LogP contribution >= 0.6 is 0 Å². The third kappa shape index (κ3) is 2.49. The van der Waals surface area contributed by atoms with E-state index in [0.717, 1.165) is 5.56 Å². The first kappa shape index (κ1) is 11.5. The van der Waals surface area contributed by atoms with Crippen LogP contribution in [0.25, 0.3) is 11.8 Å². The fourth-order valence-corrected chi connectivity index (χ4v) is 1.58. The molecule has 0 aliphatic rings.